The average molecular weight is 270 g/mol. The van der Waals surface area contributed by atoms with Gasteiger partial charge in [-0.05, 0) is 35.0 Å². The summed E-state index contributed by atoms with van der Waals surface area (Å²) in [4.78, 5) is 15.6. The molecule has 0 aliphatic heterocycles. The van der Waals surface area contributed by atoms with Crippen molar-refractivity contribution in [2.75, 3.05) is 7.11 Å². The van der Waals surface area contributed by atoms with Gasteiger partial charge in [0.15, 0.2) is 11.3 Å². The number of carbonyl (C=O) groups excluding carboxylic acids is 1. The SMILES string of the molecule is COC(=O)c1ccc(Br)c2nc(C)nn12. The van der Waals surface area contributed by atoms with Gasteiger partial charge in [0.05, 0.1) is 11.6 Å². The molecule has 0 aliphatic rings. The molecule has 78 valence electrons. The van der Waals surface area contributed by atoms with E-state index in [0.29, 0.717) is 17.2 Å². The Morgan fingerprint density at radius 1 is 1.53 bits per heavy atom. The first-order valence-corrected chi connectivity index (χ1v) is 5.03. The van der Waals surface area contributed by atoms with Crippen LogP contribution in [0.2, 0.25) is 0 Å². The van der Waals surface area contributed by atoms with Crippen molar-refractivity contribution in [2.24, 2.45) is 0 Å². The number of ether oxygens (including phenoxy) is 1. The third kappa shape index (κ3) is 1.61. The van der Waals surface area contributed by atoms with E-state index in [-0.39, 0.29) is 0 Å². The average Bonchev–Trinajstić information content (AvgIpc) is 2.60. The molecule has 0 saturated carbocycles. The normalized spacial score (nSPS) is 10.6. The maximum atomic E-state index is 11.4. The topological polar surface area (TPSA) is 56.5 Å². The van der Waals surface area contributed by atoms with Crippen molar-refractivity contribution in [1.29, 1.82) is 0 Å². The summed E-state index contributed by atoms with van der Waals surface area (Å²) in [5, 5.41) is 4.12. The highest BCUT2D eigenvalue weighted by Gasteiger charge is 2.14. The van der Waals surface area contributed by atoms with E-state index in [4.69, 9.17) is 0 Å². The number of fused-ring (bicyclic) bond motifs is 1. The second-order valence-corrected chi connectivity index (χ2v) is 3.81. The zero-order chi connectivity index (χ0) is 11.0. The molecule has 0 saturated heterocycles. The first-order chi connectivity index (χ1) is 7.13. The summed E-state index contributed by atoms with van der Waals surface area (Å²) >= 11 is 3.34. The van der Waals surface area contributed by atoms with Crippen LogP contribution in [0.1, 0.15) is 16.3 Å². The van der Waals surface area contributed by atoms with Crippen LogP contribution in [0.5, 0.6) is 0 Å². The molecule has 0 aliphatic carbocycles. The van der Waals surface area contributed by atoms with Crippen LogP contribution >= 0.6 is 15.9 Å². The highest BCUT2D eigenvalue weighted by Crippen LogP contribution is 2.18. The summed E-state index contributed by atoms with van der Waals surface area (Å²) in [6, 6.07) is 3.38. The standard InChI is InChI=1S/C9H8BrN3O2/c1-5-11-8-6(10)3-4-7(9(14)15-2)13(8)12-5/h3-4H,1-2H3. The Kier molecular flexibility index (Phi) is 2.44. The zero-order valence-corrected chi connectivity index (χ0v) is 9.78. The molecule has 0 amide bonds. The number of hydrogen-bond acceptors (Lipinski definition) is 4. The van der Waals surface area contributed by atoms with Gasteiger partial charge in [-0.15, -0.1) is 0 Å². The predicted octanol–water partition coefficient (Wildman–Crippen LogP) is 1.59. The van der Waals surface area contributed by atoms with Gasteiger partial charge >= 0.3 is 5.97 Å². The number of hydrogen-bond donors (Lipinski definition) is 0. The van der Waals surface area contributed by atoms with Gasteiger partial charge in [0, 0.05) is 0 Å². The molecule has 2 aromatic heterocycles. The predicted molar refractivity (Wildman–Crippen MR) is 56.8 cm³/mol. The molecule has 0 spiro atoms. The number of nitrogens with zero attached hydrogens (tertiary/aromatic N) is 3. The fraction of sp³-hybridized carbons (Fsp3) is 0.222. The minimum absolute atomic E-state index is 0.358. The molecule has 0 atom stereocenters. The summed E-state index contributed by atoms with van der Waals surface area (Å²) in [5.74, 6) is 0.171. The first-order valence-electron chi connectivity index (χ1n) is 4.23. The lowest BCUT2D eigenvalue weighted by molar-refractivity contribution is 0.0591. The molecule has 2 aromatic rings. The number of halogens is 1. The summed E-state index contributed by atoms with van der Waals surface area (Å²) < 4.78 is 6.90. The van der Waals surface area contributed by atoms with Crippen LogP contribution in [0, 0.1) is 6.92 Å². The van der Waals surface area contributed by atoms with Gasteiger partial charge in [-0.1, -0.05) is 0 Å². The Balaban J connectivity index is 2.76. The monoisotopic (exact) mass is 269 g/mol. The third-order valence-corrected chi connectivity index (χ3v) is 2.56. The third-order valence-electron chi connectivity index (χ3n) is 1.94. The Bertz CT molecular complexity index is 535. The Morgan fingerprint density at radius 3 is 2.93 bits per heavy atom. The largest absolute Gasteiger partial charge is 0.464 e. The van der Waals surface area contributed by atoms with Crippen LogP contribution in [-0.4, -0.2) is 27.7 Å². The van der Waals surface area contributed by atoms with Gasteiger partial charge in [0.25, 0.3) is 0 Å². The fourth-order valence-electron chi connectivity index (χ4n) is 1.29. The quantitative estimate of drug-likeness (QED) is 0.738. The summed E-state index contributed by atoms with van der Waals surface area (Å²) in [6.07, 6.45) is 0. The molecule has 15 heavy (non-hydrogen) atoms. The first kappa shape index (κ1) is 10.1. The minimum Gasteiger partial charge on any atom is -0.464 e. The summed E-state index contributed by atoms with van der Waals surface area (Å²) in [5.41, 5.74) is 0.965. The van der Waals surface area contributed by atoms with E-state index in [1.807, 2.05) is 0 Å². The molecule has 6 heteroatoms. The molecule has 2 heterocycles. The number of rotatable bonds is 1. The number of pyridine rings is 1. The number of aryl methyl sites for hydroxylation is 1. The maximum Gasteiger partial charge on any atom is 0.356 e. The van der Waals surface area contributed by atoms with Gasteiger partial charge < -0.3 is 4.74 Å². The Hall–Kier alpha value is -1.43. The van der Waals surface area contributed by atoms with Crippen molar-refractivity contribution < 1.29 is 9.53 Å². The molecule has 0 aromatic carbocycles. The fourth-order valence-corrected chi connectivity index (χ4v) is 1.68. The Morgan fingerprint density at radius 2 is 2.27 bits per heavy atom. The lowest BCUT2D eigenvalue weighted by Gasteiger charge is -2.02. The lowest BCUT2D eigenvalue weighted by atomic mass is 10.3. The molecule has 0 fully saturated rings. The van der Waals surface area contributed by atoms with Crippen LogP contribution in [0.3, 0.4) is 0 Å². The van der Waals surface area contributed by atoms with Crippen LogP contribution in [0.4, 0.5) is 0 Å². The number of methoxy groups -OCH3 is 1. The number of aromatic nitrogens is 3. The summed E-state index contributed by atoms with van der Waals surface area (Å²) in [6.45, 7) is 1.76. The van der Waals surface area contributed by atoms with Crippen molar-refractivity contribution >= 4 is 27.5 Å². The van der Waals surface area contributed by atoms with Crippen molar-refractivity contribution in [3.63, 3.8) is 0 Å². The highest BCUT2D eigenvalue weighted by atomic mass is 79.9. The minimum atomic E-state index is -0.433. The molecule has 2 rings (SSSR count). The van der Waals surface area contributed by atoms with E-state index < -0.39 is 5.97 Å². The van der Waals surface area contributed by atoms with Gasteiger partial charge in [0.1, 0.15) is 5.82 Å². The van der Waals surface area contributed by atoms with Gasteiger partial charge in [-0.2, -0.15) is 5.10 Å². The molecule has 0 unspecified atom stereocenters. The second kappa shape index (κ2) is 3.62. The Labute approximate surface area is 94.2 Å². The van der Waals surface area contributed by atoms with Gasteiger partial charge in [-0.3, -0.25) is 0 Å². The zero-order valence-electron chi connectivity index (χ0n) is 8.19. The number of carbonyl (C=O) groups is 1. The van der Waals surface area contributed by atoms with Crippen LogP contribution < -0.4 is 0 Å². The van der Waals surface area contributed by atoms with E-state index >= 15 is 0 Å². The van der Waals surface area contributed by atoms with E-state index in [2.05, 4.69) is 30.7 Å². The van der Waals surface area contributed by atoms with Gasteiger partial charge in [0.2, 0.25) is 0 Å². The maximum absolute atomic E-state index is 11.4. The van der Waals surface area contributed by atoms with Crippen molar-refractivity contribution in [3.05, 3.63) is 28.1 Å². The molecule has 0 N–H and O–H groups in total. The second-order valence-electron chi connectivity index (χ2n) is 2.95. The van der Waals surface area contributed by atoms with Crippen LogP contribution in [0.25, 0.3) is 5.65 Å². The van der Waals surface area contributed by atoms with E-state index in [1.54, 1.807) is 19.1 Å². The molecule has 5 nitrogen and oxygen atoms in total. The molecular weight excluding hydrogens is 262 g/mol. The highest BCUT2D eigenvalue weighted by molar-refractivity contribution is 9.10. The smallest absolute Gasteiger partial charge is 0.356 e. The lowest BCUT2D eigenvalue weighted by Crippen LogP contribution is -2.09. The van der Waals surface area contributed by atoms with Crippen molar-refractivity contribution in [3.8, 4) is 0 Å². The van der Waals surface area contributed by atoms with Crippen LogP contribution in [0.15, 0.2) is 16.6 Å². The van der Waals surface area contributed by atoms with Gasteiger partial charge in [-0.25, -0.2) is 14.3 Å². The van der Waals surface area contributed by atoms with Crippen molar-refractivity contribution in [1.82, 2.24) is 14.6 Å². The molecular formula is C9H8BrN3O2. The van der Waals surface area contributed by atoms with Crippen molar-refractivity contribution in [2.45, 2.75) is 6.92 Å². The van der Waals surface area contributed by atoms with E-state index in [0.717, 1.165) is 4.47 Å². The van der Waals surface area contributed by atoms with E-state index in [9.17, 15) is 4.79 Å². The molecule has 0 radical (unpaired) electrons. The summed E-state index contributed by atoms with van der Waals surface area (Å²) in [7, 11) is 1.33. The van der Waals surface area contributed by atoms with Crippen LogP contribution in [-0.2, 0) is 4.74 Å². The number of esters is 1. The van der Waals surface area contributed by atoms with E-state index in [1.165, 1.54) is 11.6 Å². The molecule has 0 bridgehead atoms.